The fraction of sp³-hybridized carbons (Fsp3) is 0.588. The van der Waals surface area contributed by atoms with Crippen LogP contribution in [0.4, 0.5) is 0 Å². The zero-order valence-electron chi connectivity index (χ0n) is 14.5. The van der Waals surface area contributed by atoms with Crippen molar-refractivity contribution in [2.45, 2.75) is 37.6 Å². The molecule has 0 unspecified atom stereocenters. The summed E-state index contributed by atoms with van der Waals surface area (Å²) in [6.45, 7) is 5.01. The van der Waals surface area contributed by atoms with Gasteiger partial charge in [-0.3, -0.25) is 4.79 Å². The number of piperidine rings is 1. The summed E-state index contributed by atoms with van der Waals surface area (Å²) in [5.41, 5.74) is 1.02. The normalized spacial score (nSPS) is 18.3. The van der Waals surface area contributed by atoms with Crippen molar-refractivity contribution in [1.82, 2.24) is 9.62 Å². The molecular weight excluding hydrogens is 328 g/mol. The minimum atomic E-state index is -3.48. The Morgan fingerprint density at radius 1 is 1.29 bits per heavy atom. The average Bonchev–Trinajstić information content (AvgIpc) is 2.55. The molecule has 1 atom stereocenters. The molecule has 1 aliphatic heterocycles. The number of nitrogens with one attached hydrogen (secondary N) is 1. The van der Waals surface area contributed by atoms with Crippen molar-refractivity contribution in [3.8, 4) is 0 Å². The Kier molecular flexibility index (Phi) is 6.37. The van der Waals surface area contributed by atoms with Crippen LogP contribution in [0.15, 0.2) is 29.2 Å². The Morgan fingerprint density at radius 2 is 1.88 bits per heavy atom. The molecule has 0 radical (unpaired) electrons. The van der Waals surface area contributed by atoms with Gasteiger partial charge < -0.3 is 10.1 Å². The van der Waals surface area contributed by atoms with E-state index in [2.05, 4.69) is 5.32 Å². The Labute approximate surface area is 144 Å². The zero-order valence-corrected chi connectivity index (χ0v) is 15.3. The zero-order chi connectivity index (χ0) is 17.7. The lowest BCUT2D eigenvalue weighted by molar-refractivity contribution is -0.127. The molecule has 1 heterocycles. The van der Waals surface area contributed by atoms with Crippen LogP contribution >= 0.6 is 0 Å². The molecular formula is C17H26N2O4S. The van der Waals surface area contributed by atoms with Gasteiger partial charge in [-0.05, 0) is 38.8 Å². The standard InChI is InChI=1S/C17H26N2O4S/c1-13-4-6-16(7-5-13)24(21,22)19-10-8-15(9-11-19)17(20)18-14(2)12-23-3/h4-7,14-15H,8-12H2,1-3H3,(H,18,20)/t14-/m0/s1. The molecule has 0 spiro atoms. The molecule has 1 saturated heterocycles. The van der Waals surface area contributed by atoms with E-state index < -0.39 is 10.0 Å². The van der Waals surface area contributed by atoms with Gasteiger partial charge in [-0.1, -0.05) is 17.7 Å². The van der Waals surface area contributed by atoms with Gasteiger partial charge in [0.05, 0.1) is 11.5 Å². The third-order valence-electron chi connectivity index (χ3n) is 4.29. The molecule has 0 aromatic heterocycles. The molecule has 7 heteroatoms. The quantitative estimate of drug-likeness (QED) is 0.841. The highest BCUT2D eigenvalue weighted by molar-refractivity contribution is 7.89. The summed E-state index contributed by atoms with van der Waals surface area (Å²) in [7, 11) is -1.88. The van der Waals surface area contributed by atoms with Crippen molar-refractivity contribution in [2.24, 2.45) is 5.92 Å². The van der Waals surface area contributed by atoms with Gasteiger partial charge in [-0.15, -0.1) is 0 Å². The molecule has 1 aliphatic rings. The van der Waals surface area contributed by atoms with Crippen LogP contribution in [0.25, 0.3) is 0 Å². The van der Waals surface area contributed by atoms with Crippen LogP contribution < -0.4 is 5.32 Å². The van der Waals surface area contributed by atoms with Gasteiger partial charge in [0.15, 0.2) is 0 Å². The maximum atomic E-state index is 12.6. The fourth-order valence-corrected chi connectivity index (χ4v) is 4.34. The summed E-state index contributed by atoms with van der Waals surface area (Å²) in [6, 6.07) is 6.82. The first-order valence-corrected chi connectivity index (χ1v) is 9.64. The smallest absolute Gasteiger partial charge is 0.243 e. The maximum Gasteiger partial charge on any atom is 0.243 e. The lowest BCUT2D eigenvalue weighted by atomic mass is 9.97. The first-order valence-electron chi connectivity index (χ1n) is 8.20. The van der Waals surface area contributed by atoms with E-state index in [1.807, 2.05) is 13.8 Å². The molecule has 1 amide bonds. The molecule has 2 rings (SSSR count). The van der Waals surface area contributed by atoms with Gasteiger partial charge in [0.2, 0.25) is 15.9 Å². The first-order chi connectivity index (χ1) is 11.3. The van der Waals surface area contributed by atoms with E-state index in [0.29, 0.717) is 37.4 Å². The largest absolute Gasteiger partial charge is 0.383 e. The van der Waals surface area contributed by atoms with Crippen LogP contribution in [-0.2, 0) is 19.6 Å². The molecule has 134 valence electrons. The number of hydrogen-bond acceptors (Lipinski definition) is 4. The number of methoxy groups -OCH3 is 1. The number of carbonyl (C=O) groups is 1. The van der Waals surface area contributed by atoms with Gasteiger partial charge >= 0.3 is 0 Å². The summed E-state index contributed by atoms with van der Waals surface area (Å²) in [5, 5.41) is 2.91. The third-order valence-corrected chi connectivity index (χ3v) is 6.20. The molecule has 6 nitrogen and oxygen atoms in total. The van der Waals surface area contributed by atoms with E-state index >= 15 is 0 Å². The molecule has 1 fully saturated rings. The van der Waals surface area contributed by atoms with E-state index in [0.717, 1.165) is 5.56 Å². The molecule has 0 aliphatic carbocycles. The van der Waals surface area contributed by atoms with Crippen LogP contribution in [0.2, 0.25) is 0 Å². The molecule has 0 bridgehead atoms. The number of benzene rings is 1. The van der Waals surface area contributed by atoms with E-state index in [-0.39, 0.29) is 17.9 Å². The minimum Gasteiger partial charge on any atom is -0.383 e. The molecule has 24 heavy (non-hydrogen) atoms. The topological polar surface area (TPSA) is 75.7 Å². The molecule has 1 aromatic carbocycles. The Balaban J connectivity index is 1.94. The van der Waals surface area contributed by atoms with Gasteiger partial charge in [-0.2, -0.15) is 4.31 Å². The summed E-state index contributed by atoms with van der Waals surface area (Å²) in [6.07, 6.45) is 1.08. The monoisotopic (exact) mass is 354 g/mol. The van der Waals surface area contributed by atoms with E-state index in [1.165, 1.54) is 4.31 Å². The summed E-state index contributed by atoms with van der Waals surface area (Å²) in [5.74, 6) is -0.166. The van der Waals surface area contributed by atoms with E-state index in [4.69, 9.17) is 4.74 Å². The van der Waals surface area contributed by atoms with Crippen LogP contribution in [0.3, 0.4) is 0 Å². The second kappa shape index (κ2) is 8.09. The number of aryl methyl sites for hydroxylation is 1. The molecule has 1 N–H and O–H groups in total. The minimum absolute atomic E-state index is 0.0214. The summed E-state index contributed by atoms with van der Waals surface area (Å²) >= 11 is 0. The van der Waals surface area contributed by atoms with Crippen LogP contribution in [0.5, 0.6) is 0 Å². The predicted molar refractivity (Wildman–Crippen MR) is 92.1 cm³/mol. The number of carbonyl (C=O) groups excluding carboxylic acids is 1. The number of amides is 1. The Hall–Kier alpha value is -1.44. The van der Waals surface area contributed by atoms with Crippen molar-refractivity contribution >= 4 is 15.9 Å². The van der Waals surface area contributed by atoms with Gasteiger partial charge in [0.25, 0.3) is 0 Å². The number of sulfonamides is 1. The van der Waals surface area contributed by atoms with Crippen LogP contribution in [0, 0.1) is 12.8 Å². The summed E-state index contributed by atoms with van der Waals surface area (Å²) < 4.78 is 31.8. The maximum absolute atomic E-state index is 12.6. The molecule has 0 saturated carbocycles. The second-order valence-electron chi connectivity index (χ2n) is 6.36. The number of ether oxygens (including phenoxy) is 1. The SMILES string of the molecule is COC[C@H](C)NC(=O)C1CCN(S(=O)(=O)c2ccc(C)cc2)CC1. The van der Waals surface area contributed by atoms with Crippen molar-refractivity contribution in [2.75, 3.05) is 26.8 Å². The number of rotatable bonds is 6. The number of nitrogens with zero attached hydrogens (tertiary/aromatic N) is 1. The van der Waals surface area contributed by atoms with E-state index in [9.17, 15) is 13.2 Å². The van der Waals surface area contributed by atoms with Gasteiger partial charge in [0.1, 0.15) is 0 Å². The van der Waals surface area contributed by atoms with Crippen molar-refractivity contribution in [3.63, 3.8) is 0 Å². The van der Waals surface area contributed by atoms with Gasteiger partial charge in [0, 0.05) is 32.2 Å². The fourth-order valence-electron chi connectivity index (χ4n) is 2.87. The highest BCUT2D eigenvalue weighted by Crippen LogP contribution is 2.24. The lowest BCUT2D eigenvalue weighted by Crippen LogP contribution is -2.45. The third kappa shape index (κ3) is 4.55. The Bertz CT molecular complexity index is 650. The van der Waals surface area contributed by atoms with E-state index in [1.54, 1.807) is 31.4 Å². The predicted octanol–water partition coefficient (Wildman–Crippen LogP) is 1.55. The van der Waals surface area contributed by atoms with Crippen LogP contribution in [0.1, 0.15) is 25.3 Å². The number of hydrogen-bond donors (Lipinski definition) is 1. The lowest BCUT2D eigenvalue weighted by Gasteiger charge is -2.31. The van der Waals surface area contributed by atoms with Crippen LogP contribution in [-0.4, -0.2) is 51.5 Å². The van der Waals surface area contributed by atoms with Crippen molar-refractivity contribution in [3.05, 3.63) is 29.8 Å². The highest BCUT2D eigenvalue weighted by atomic mass is 32.2. The second-order valence-corrected chi connectivity index (χ2v) is 8.29. The Morgan fingerprint density at radius 3 is 2.42 bits per heavy atom. The first kappa shape index (κ1) is 18.9. The van der Waals surface area contributed by atoms with Crippen molar-refractivity contribution < 1.29 is 17.9 Å². The highest BCUT2D eigenvalue weighted by Gasteiger charge is 2.32. The van der Waals surface area contributed by atoms with Gasteiger partial charge in [-0.25, -0.2) is 8.42 Å². The summed E-state index contributed by atoms with van der Waals surface area (Å²) in [4.78, 5) is 12.5. The van der Waals surface area contributed by atoms with Crippen molar-refractivity contribution in [1.29, 1.82) is 0 Å². The molecule has 1 aromatic rings. The average molecular weight is 354 g/mol.